The number of hydrogen-bond acceptors (Lipinski definition) is 5. The van der Waals surface area contributed by atoms with E-state index < -0.39 is 17.7 Å². The molecule has 1 aromatic rings. The molecular formula is C16H18F2N2O3S. The summed E-state index contributed by atoms with van der Waals surface area (Å²) in [5.41, 5.74) is 0.278. The molecule has 0 saturated carbocycles. The lowest BCUT2D eigenvalue weighted by Crippen LogP contribution is -2.27. The minimum Gasteiger partial charge on any atom is -0.464 e. The zero-order valence-corrected chi connectivity index (χ0v) is 14.0. The first-order chi connectivity index (χ1) is 11.5. The summed E-state index contributed by atoms with van der Waals surface area (Å²) >= 11 is 1.46. The molecular weight excluding hydrogens is 338 g/mol. The lowest BCUT2D eigenvalue weighted by molar-refractivity contribution is -0.143. The fraction of sp³-hybridized carbons (Fsp3) is 0.438. The largest absolute Gasteiger partial charge is 0.464 e. The Labute approximate surface area is 142 Å². The number of ether oxygens (including phenoxy) is 1. The lowest BCUT2D eigenvalue weighted by Gasteiger charge is -2.05. The molecule has 24 heavy (non-hydrogen) atoms. The molecule has 0 aliphatic carbocycles. The molecule has 0 spiro atoms. The molecule has 1 amide bonds. The highest BCUT2D eigenvalue weighted by Gasteiger charge is 2.25. The van der Waals surface area contributed by atoms with Crippen molar-refractivity contribution in [1.82, 2.24) is 5.32 Å². The van der Waals surface area contributed by atoms with Gasteiger partial charge in [0.05, 0.1) is 18.1 Å². The molecule has 1 heterocycles. The van der Waals surface area contributed by atoms with Gasteiger partial charge in [-0.25, -0.2) is 13.6 Å². The Morgan fingerprint density at radius 1 is 1.33 bits per heavy atom. The number of hydrogen-bond donors (Lipinski definition) is 1. The van der Waals surface area contributed by atoms with Crippen LogP contribution in [0, 0.1) is 11.6 Å². The minimum absolute atomic E-state index is 0.0975. The highest BCUT2D eigenvalue weighted by molar-refractivity contribution is 8.14. The van der Waals surface area contributed by atoms with Gasteiger partial charge in [0, 0.05) is 24.8 Å². The van der Waals surface area contributed by atoms with Crippen molar-refractivity contribution in [2.45, 2.75) is 25.8 Å². The molecule has 1 atom stereocenters. The molecule has 5 nitrogen and oxygen atoms in total. The van der Waals surface area contributed by atoms with Crippen LogP contribution in [0.5, 0.6) is 0 Å². The summed E-state index contributed by atoms with van der Waals surface area (Å²) in [7, 11) is 0. The number of nitrogens with one attached hydrogen (secondary N) is 1. The number of esters is 1. The van der Waals surface area contributed by atoms with Gasteiger partial charge in [-0.05, 0) is 24.6 Å². The van der Waals surface area contributed by atoms with Crippen LogP contribution < -0.4 is 5.32 Å². The zero-order chi connectivity index (χ0) is 17.5. The molecule has 0 bridgehead atoms. The second kappa shape index (κ2) is 8.77. The number of carbonyl (C=O) groups is 2. The van der Waals surface area contributed by atoms with E-state index >= 15 is 0 Å². The van der Waals surface area contributed by atoms with Gasteiger partial charge in [-0.2, -0.15) is 0 Å². The van der Waals surface area contributed by atoms with Crippen molar-refractivity contribution in [1.29, 1.82) is 0 Å². The van der Waals surface area contributed by atoms with Crippen LogP contribution in [0.15, 0.2) is 23.2 Å². The monoisotopic (exact) mass is 356 g/mol. The molecule has 1 aromatic carbocycles. The first kappa shape index (κ1) is 18.4. The van der Waals surface area contributed by atoms with Gasteiger partial charge in [-0.3, -0.25) is 9.79 Å². The predicted octanol–water partition coefficient (Wildman–Crippen LogP) is 2.09. The summed E-state index contributed by atoms with van der Waals surface area (Å²) in [6, 6.07) is 2.54. The fourth-order valence-corrected chi connectivity index (χ4v) is 3.20. The van der Waals surface area contributed by atoms with Crippen molar-refractivity contribution in [2.24, 2.45) is 4.99 Å². The van der Waals surface area contributed by atoms with Gasteiger partial charge < -0.3 is 10.1 Å². The van der Waals surface area contributed by atoms with Gasteiger partial charge in [-0.15, -0.1) is 11.8 Å². The molecule has 0 fully saturated rings. The van der Waals surface area contributed by atoms with Gasteiger partial charge in [0.1, 0.15) is 11.6 Å². The van der Waals surface area contributed by atoms with Crippen LogP contribution in [0.1, 0.15) is 18.9 Å². The van der Waals surface area contributed by atoms with E-state index in [2.05, 4.69) is 10.3 Å². The fourth-order valence-electron chi connectivity index (χ4n) is 2.19. The molecule has 1 aliphatic rings. The number of nitrogens with zero attached hydrogens (tertiary/aromatic N) is 1. The van der Waals surface area contributed by atoms with Gasteiger partial charge in [-0.1, -0.05) is 0 Å². The summed E-state index contributed by atoms with van der Waals surface area (Å²) < 4.78 is 31.0. The van der Waals surface area contributed by atoms with E-state index in [1.54, 1.807) is 6.92 Å². The Bertz CT molecular complexity index is 632. The lowest BCUT2D eigenvalue weighted by atomic mass is 10.1. The maximum Gasteiger partial charge on any atom is 0.331 e. The average Bonchev–Trinajstić information content (AvgIpc) is 2.95. The normalized spacial score (nSPS) is 16.6. The molecule has 8 heteroatoms. The van der Waals surface area contributed by atoms with Crippen molar-refractivity contribution < 1.29 is 23.1 Å². The molecule has 1 aliphatic heterocycles. The summed E-state index contributed by atoms with van der Waals surface area (Å²) in [4.78, 5) is 27.6. The molecule has 1 N–H and O–H groups in total. The van der Waals surface area contributed by atoms with Crippen LogP contribution in [-0.4, -0.2) is 41.9 Å². The third-order valence-corrected chi connectivity index (χ3v) is 4.34. The second-order valence-electron chi connectivity index (χ2n) is 5.16. The van der Waals surface area contributed by atoms with Crippen LogP contribution in [0.3, 0.4) is 0 Å². The second-order valence-corrected chi connectivity index (χ2v) is 6.25. The maximum atomic E-state index is 13.1. The quantitative estimate of drug-likeness (QED) is 0.760. The van der Waals surface area contributed by atoms with E-state index in [9.17, 15) is 18.4 Å². The number of rotatable bonds is 7. The molecule has 2 rings (SSSR count). The number of amides is 1. The van der Waals surface area contributed by atoms with Gasteiger partial charge in [0.2, 0.25) is 5.91 Å². The van der Waals surface area contributed by atoms with E-state index in [0.717, 1.165) is 23.2 Å². The summed E-state index contributed by atoms with van der Waals surface area (Å²) in [6.07, 6.45) is 0.406. The van der Waals surface area contributed by atoms with Crippen LogP contribution in [0.25, 0.3) is 0 Å². The van der Waals surface area contributed by atoms with Gasteiger partial charge in [0.25, 0.3) is 0 Å². The number of aliphatic imine (C=N–C) groups is 1. The van der Waals surface area contributed by atoms with Crippen molar-refractivity contribution in [3.05, 3.63) is 35.4 Å². The number of carbonyl (C=O) groups excluding carboxylic acids is 2. The third-order valence-electron chi connectivity index (χ3n) is 3.21. The van der Waals surface area contributed by atoms with Crippen LogP contribution in [-0.2, 0) is 20.7 Å². The van der Waals surface area contributed by atoms with Gasteiger partial charge in [0.15, 0.2) is 6.04 Å². The van der Waals surface area contributed by atoms with Crippen molar-refractivity contribution in [3.63, 3.8) is 0 Å². The Hall–Kier alpha value is -1.96. The predicted molar refractivity (Wildman–Crippen MR) is 88.0 cm³/mol. The first-order valence-electron chi connectivity index (χ1n) is 7.55. The maximum absolute atomic E-state index is 13.1. The third kappa shape index (κ3) is 5.59. The van der Waals surface area contributed by atoms with Crippen LogP contribution >= 0.6 is 11.8 Å². The number of thioether (sulfide) groups is 1. The van der Waals surface area contributed by atoms with Crippen molar-refractivity contribution >= 4 is 28.7 Å². The van der Waals surface area contributed by atoms with E-state index in [-0.39, 0.29) is 23.9 Å². The Morgan fingerprint density at radius 2 is 2.04 bits per heavy atom. The van der Waals surface area contributed by atoms with Crippen LogP contribution in [0.4, 0.5) is 8.78 Å². The molecule has 130 valence electrons. The number of benzene rings is 1. The zero-order valence-electron chi connectivity index (χ0n) is 13.2. The summed E-state index contributed by atoms with van der Waals surface area (Å²) in [6.45, 7) is 2.41. The Kier molecular flexibility index (Phi) is 6.72. The number of halogens is 2. The highest BCUT2D eigenvalue weighted by Crippen LogP contribution is 2.20. The Balaban J connectivity index is 1.75. The minimum atomic E-state index is -0.709. The Morgan fingerprint density at radius 3 is 2.71 bits per heavy atom. The SMILES string of the molecule is CCOC(=O)[C@H]1CSC(CCNC(=O)Cc2cc(F)cc(F)c2)=N1. The summed E-state index contributed by atoms with van der Waals surface area (Å²) in [5, 5.41) is 3.45. The first-order valence-corrected chi connectivity index (χ1v) is 8.54. The topological polar surface area (TPSA) is 67.8 Å². The highest BCUT2D eigenvalue weighted by atomic mass is 32.2. The summed E-state index contributed by atoms with van der Waals surface area (Å²) in [5.74, 6) is -1.54. The van der Waals surface area contributed by atoms with E-state index in [4.69, 9.17) is 4.74 Å². The molecule has 0 aromatic heterocycles. The molecule has 0 saturated heterocycles. The van der Waals surface area contributed by atoms with E-state index in [1.165, 1.54) is 11.8 Å². The van der Waals surface area contributed by atoms with E-state index in [0.29, 0.717) is 25.3 Å². The molecule has 0 unspecified atom stereocenters. The van der Waals surface area contributed by atoms with Gasteiger partial charge >= 0.3 is 5.97 Å². The smallest absolute Gasteiger partial charge is 0.331 e. The van der Waals surface area contributed by atoms with Crippen molar-refractivity contribution in [3.8, 4) is 0 Å². The average molecular weight is 356 g/mol. The van der Waals surface area contributed by atoms with E-state index in [1.807, 2.05) is 0 Å². The molecule has 0 radical (unpaired) electrons. The van der Waals surface area contributed by atoms with Crippen LogP contribution in [0.2, 0.25) is 0 Å². The standard InChI is InChI=1S/C16H18F2N2O3S/c1-2-23-16(22)13-9-24-15(20-13)3-4-19-14(21)7-10-5-11(17)8-12(18)6-10/h5-6,8,13H,2-4,7,9H2,1H3,(H,19,21)/t13-/m1/s1. The van der Waals surface area contributed by atoms with Crippen molar-refractivity contribution in [2.75, 3.05) is 18.9 Å².